The zero-order chi connectivity index (χ0) is 11.6. The molecule has 4 nitrogen and oxygen atoms in total. The van der Waals surface area contributed by atoms with Gasteiger partial charge in [-0.1, -0.05) is 20.8 Å². The minimum Gasteiger partial charge on any atom is -0.297 e. The van der Waals surface area contributed by atoms with Gasteiger partial charge in [-0.3, -0.25) is 9.35 Å². The van der Waals surface area contributed by atoms with Gasteiger partial charge in [0.05, 0.1) is 0 Å². The second-order valence-corrected chi connectivity index (χ2v) is 7.04. The SMILES string of the molecule is CC1(C)C2CC[C@@]1(C)C(=O)C2S(=O)(=O)O. The molecule has 15 heavy (non-hydrogen) atoms. The molecule has 0 aromatic rings. The monoisotopic (exact) mass is 232 g/mol. The first-order valence-electron chi connectivity index (χ1n) is 5.13. The summed E-state index contributed by atoms with van der Waals surface area (Å²) in [5, 5.41) is -1.19. The number of carbonyl (C=O) groups excluding carboxylic acids is 1. The van der Waals surface area contributed by atoms with Crippen LogP contribution in [0.15, 0.2) is 0 Å². The molecule has 0 heterocycles. The van der Waals surface area contributed by atoms with Crippen LogP contribution in [0.1, 0.15) is 33.6 Å². The van der Waals surface area contributed by atoms with Gasteiger partial charge in [0.1, 0.15) is 5.25 Å². The Bertz CT molecular complexity index is 423. The Labute approximate surface area is 89.8 Å². The highest BCUT2D eigenvalue weighted by molar-refractivity contribution is 7.87. The highest BCUT2D eigenvalue weighted by Gasteiger charge is 2.69. The van der Waals surface area contributed by atoms with Gasteiger partial charge in [0.15, 0.2) is 5.78 Å². The Morgan fingerprint density at radius 3 is 2.13 bits per heavy atom. The van der Waals surface area contributed by atoms with Crippen molar-refractivity contribution in [2.75, 3.05) is 0 Å². The number of rotatable bonds is 1. The van der Waals surface area contributed by atoms with Crippen molar-refractivity contribution >= 4 is 15.9 Å². The zero-order valence-corrected chi connectivity index (χ0v) is 9.97. The summed E-state index contributed by atoms with van der Waals surface area (Å²) in [6.07, 6.45) is 1.44. The van der Waals surface area contributed by atoms with Crippen molar-refractivity contribution in [1.29, 1.82) is 0 Å². The third kappa shape index (κ3) is 1.11. The molecular weight excluding hydrogens is 216 g/mol. The number of hydrogen-bond donors (Lipinski definition) is 1. The van der Waals surface area contributed by atoms with Crippen LogP contribution in [0.4, 0.5) is 0 Å². The molecule has 2 aliphatic carbocycles. The predicted octanol–water partition coefficient (Wildman–Crippen LogP) is 1.27. The van der Waals surface area contributed by atoms with E-state index in [0.29, 0.717) is 6.42 Å². The number of carbonyl (C=O) groups is 1. The van der Waals surface area contributed by atoms with E-state index >= 15 is 0 Å². The van der Waals surface area contributed by atoms with Crippen LogP contribution in [0.3, 0.4) is 0 Å². The number of ketones is 1. The second kappa shape index (κ2) is 2.63. The van der Waals surface area contributed by atoms with Crippen molar-refractivity contribution in [3.8, 4) is 0 Å². The van der Waals surface area contributed by atoms with Gasteiger partial charge >= 0.3 is 0 Å². The summed E-state index contributed by atoms with van der Waals surface area (Å²) in [5.41, 5.74) is -0.914. The number of hydrogen-bond acceptors (Lipinski definition) is 3. The summed E-state index contributed by atoms with van der Waals surface area (Å²) in [5.74, 6) is -0.531. The molecule has 3 atom stereocenters. The summed E-state index contributed by atoms with van der Waals surface area (Å²) >= 11 is 0. The number of fused-ring (bicyclic) bond motifs is 2. The minimum atomic E-state index is -4.24. The predicted molar refractivity (Wildman–Crippen MR) is 55.0 cm³/mol. The largest absolute Gasteiger partial charge is 0.297 e. The molecule has 2 fully saturated rings. The van der Waals surface area contributed by atoms with Crippen LogP contribution in [0, 0.1) is 16.7 Å². The molecule has 2 saturated carbocycles. The third-order valence-corrected chi connectivity index (χ3v) is 5.98. The molecule has 0 aromatic carbocycles. The van der Waals surface area contributed by atoms with Crippen LogP contribution in [0.25, 0.3) is 0 Å². The highest BCUT2D eigenvalue weighted by Crippen LogP contribution is 2.64. The van der Waals surface area contributed by atoms with E-state index < -0.39 is 20.8 Å². The molecule has 0 spiro atoms. The quantitative estimate of drug-likeness (QED) is 0.691. The van der Waals surface area contributed by atoms with Crippen LogP contribution in [-0.2, 0) is 14.9 Å². The standard InChI is InChI=1S/C10H16O4S/c1-9(2)6-4-5-10(9,3)8(11)7(6)15(12,13)14/h6-7H,4-5H2,1-3H3,(H,12,13,14)/t6?,7?,10-/m0/s1. The summed E-state index contributed by atoms with van der Waals surface area (Å²) in [6, 6.07) is 0. The van der Waals surface area contributed by atoms with Gasteiger partial charge in [-0.05, 0) is 24.2 Å². The van der Waals surface area contributed by atoms with Gasteiger partial charge in [0.25, 0.3) is 10.1 Å². The van der Waals surface area contributed by atoms with Crippen LogP contribution in [0.5, 0.6) is 0 Å². The molecular formula is C10H16O4S. The Hall–Kier alpha value is -0.420. The van der Waals surface area contributed by atoms with Crippen molar-refractivity contribution in [3.63, 3.8) is 0 Å². The smallest absolute Gasteiger partial charge is 0.275 e. The molecule has 0 aliphatic heterocycles. The van der Waals surface area contributed by atoms with E-state index in [1.54, 1.807) is 0 Å². The van der Waals surface area contributed by atoms with E-state index in [4.69, 9.17) is 4.55 Å². The Balaban J connectivity index is 2.57. The summed E-state index contributed by atoms with van der Waals surface area (Å²) in [6.45, 7) is 5.67. The van der Waals surface area contributed by atoms with E-state index in [9.17, 15) is 13.2 Å². The molecule has 1 N–H and O–H groups in total. The maximum absolute atomic E-state index is 12.0. The Morgan fingerprint density at radius 1 is 1.33 bits per heavy atom. The fraction of sp³-hybridized carbons (Fsp3) is 0.900. The average molecular weight is 232 g/mol. The third-order valence-electron chi connectivity index (χ3n) is 4.79. The van der Waals surface area contributed by atoms with E-state index in [-0.39, 0.29) is 17.1 Å². The second-order valence-electron chi connectivity index (χ2n) is 5.50. The van der Waals surface area contributed by atoms with Crippen molar-refractivity contribution < 1.29 is 17.8 Å². The maximum Gasteiger partial charge on any atom is 0.275 e. The lowest BCUT2D eigenvalue weighted by atomic mass is 9.70. The Morgan fingerprint density at radius 2 is 1.87 bits per heavy atom. The van der Waals surface area contributed by atoms with E-state index in [2.05, 4.69) is 0 Å². The molecule has 0 radical (unpaired) electrons. The van der Waals surface area contributed by atoms with Crippen LogP contribution in [-0.4, -0.2) is 24.0 Å². The van der Waals surface area contributed by atoms with Gasteiger partial charge in [-0.2, -0.15) is 8.42 Å². The summed E-state index contributed by atoms with van der Waals surface area (Å²) in [4.78, 5) is 12.0. The van der Waals surface area contributed by atoms with E-state index in [0.717, 1.165) is 6.42 Å². The van der Waals surface area contributed by atoms with Crippen molar-refractivity contribution in [2.24, 2.45) is 16.7 Å². The fourth-order valence-corrected chi connectivity index (χ4v) is 4.77. The number of Topliss-reactive ketones (excluding diaryl/α,β-unsaturated/α-hetero) is 1. The van der Waals surface area contributed by atoms with Gasteiger partial charge in [-0.15, -0.1) is 0 Å². The van der Waals surface area contributed by atoms with Crippen molar-refractivity contribution in [1.82, 2.24) is 0 Å². The molecule has 2 bridgehead atoms. The van der Waals surface area contributed by atoms with Crippen LogP contribution >= 0.6 is 0 Å². The van der Waals surface area contributed by atoms with Gasteiger partial charge in [0.2, 0.25) is 0 Å². The van der Waals surface area contributed by atoms with Crippen molar-refractivity contribution in [2.45, 2.75) is 38.9 Å². The molecule has 0 amide bonds. The minimum absolute atomic E-state index is 0.231. The van der Waals surface area contributed by atoms with Crippen LogP contribution < -0.4 is 0 Å². The highest BCUT2D eigenvalue weighted by atomic mass is 32.2. The molecule has 2 unspecified atom stereocenters. The maximum atomic E-state index is 12.0. The van der Waals surface area contributed by atoms with E-state index in [1.165, 1.54) is 0 Å². The van der Waals surface area contributed by atoms with Crippen LogP contribution in [0.2, 0.25) is 0 Å². The summed E-state index contributed by atoms with van der Waals surface area (Å²) < 4.78 is 31.5. The zero-order valence-electron chi connectivity index (χ0n) is 9.15. The van der Waals surface area contributed by atoms with Crippen molar-refractivity contribution in [3.05, 3.63) is 0 Å². The Kier molecular flexibility index (Phi) is 1.94. The lowest BCUT2D eigenvalue weighted by Crippen LogP contribution is -2.38. The van der Waals surface area contributed by atoms with E-state index in [1.807, 2.05) is 20.8 Å². The lowest BCUT2D eigenvalue weighted by Gasteiger charge is -2.32. The lowest BCUT2D eigenvalue weighted by molar-refractivity contribution is -0.128. The van der Waals surface area contributed by atoms with Gasteiger partial charge in [-0.25, -0.2) is 0 Å². The fourth-order valence-electron chi connectivity index (χ4n) is 3.35. The molecule has 86 valence electrons. The van der Waals surface area contributed by atoms with Gasteiger partial charge in [0, 0.05) is 5.41 Å². The molecule has 0 saturated heterocycles. The molecule has 2 rings (SSSR count). The molecule has 5 heteroatoms. The molecule has 2 aliphatic rings. The van der Waals surface area contributed by atoms with Gasteiger partial charge < -0.3 is 0 Å². The summed E-state index contributed by atoms with van der Waals surface area (Å²) in [7, 11) is -4.24. The first-order valence-corrected chi connectivity index (χ1v) is 6.63. The molecule has 0 aromatic heterocycles. The first-order chi connectivity index (χ1) is 6.62. The average Bonchev–Trinajstić information content (AvgIpc) is 2.33. The first kappa shape index (κ1) is 11.1. The normalized spacial score (nSPS) is 43.6. The topological polar surface area (TPSA) is 71.4 Å².